The molecule has 0 radical (unpaired) electrons. The van der Waals surface area contributed by atoms with Crippen LogP contribution in [0.4, 0.5) is 0 Å². The lowest BCUT2D eigenvalue weighted by atomic mass is 10.2. The van der Waals surface area contributed by atoms with Gasteiger partial charge < -0.3 is 4.74 Å². The number of aliphatic imine (C=N–C) groups is 1. The van der Waals surface area contributed by atoms with Gasteiger partial charge in [-0.15, -0.1) is 0 Å². The fourth-order valence-corrected chi connectivity index (χ4v) is 1.26. The predicted octanol–water partition coefficient (Wildman–Crippen LogP) is 0.500. The van der Waals surface area contributed by atoms with E-state index in [1.165, 1.54) is 19.4 Å². The number of dihydropyridines is 1. The molecule has 1 atom stereocenters. The summed E-state index contributed by atoms with van der Waals surface area (Å²) in [6, 6.07) is 0. The van der Waals surface area contributed by atoms with Gasteiger partial charge in [0, 0.05) is 6.21 Å². The molecular weight excluding hydrogens is 273 g/mol. The van der Waals surface area contributed by atoms with Crippen molar-refractivity contribution in [3.8, 4) is 0 Å². The number of methoxy groups -OCH3 is 1. The van der Waals surface area contributed by atoms with E-state index in [2.05, 4.69) is 9.73 Å². The van der Waals surface area contributed by atoms with E-state index in [0.29, 0.717) is 5.57 Å². The molecular formula is C7H6INO3. The first-order valence-corrected chi connectivity index (χ1v) is 4.42. The quantitative estimate of drug-likeness (QED) is 0.399. The van der Waals surface area contributed by atoms with Gasteiger partial charge in [0.2, 0.25) is 0 Å². The Kier molecular flexibility index (Phi) is 2.96. The Bertz CT molecular complexity index is 282. The molecule has 1 aliphatic rings. The molecule has 0 aliphatic carbocycles. The molecule has 0 bridgehead atoms. The monoisotopic (exact) mass is 279 g/mol. The van der Waals surface area contributed by atoms with E-state index in [1.54, 1.807) is 0 Å². The van der Waals surface area contributed by atoms with Gasteiger partial charge in [-0.1, -0.05) is 22.6 Å². The number of carbonyl (C=O) groups excluding carboxylic acids is 2. The van der Waals surface area contributed by atoms with Crippen molar-refractivity contribution < 1.29 is 14.3 Å². The summed E-state index contributed by atoms with van der Waals surface area (Å²) in [5, 5.41) is 0. The summed E-state index contributed by atoms with van der Waals surface area (Å²) in [5.41, 5.74) is 0.330. The van der Waals surface area contributed by atoms with Crippen LogP contribution >= 0.6 is 22.6 Å². The molecule has 64 valence electrons. The first-order valence-electron chi connectivity index (χ1n) is 3.17. The number of hydrogen-bond acceptors (Lipinski definition) is 3. The Labute approximate surface area is 82.8 Å². The number of alkyl halides is 1. The molecule has 0 fully saturated rings. The lowest BCUT2D eigenvalue weighted by molar-refractivity contribution is -0.135. The number of amides is 1. The molecule has 0 spiro atoms. The third-order valence-corrected chi connectivity index (χ3v) is 2.21. The molecule has 5 heteroatoms. The lowest BCUT2D eigenvalue weighted by Crippen LogP contribution is -2.18. The lowest BCUT2D eigenvalue weighted by Gasteiger charge is -2.06. The van der Waals surface area contributed by atoms with Gasteiger partial charge in [0.15, 0.2) is 0 Å². The molecule has 1 amide bonds. The molecule has 0 aromatic heterocycles. The van der Waals surface area contributed by atoms with Crippen molar-refractivity contribution in [3.05, 3.63) is 11.6 Å². The summed E-state index contributed by atoms with van der Waals surface area (Å²) in [7, 11) is 1.29. The van der Waals surface area contributed by atoms with Crippen LogP contribution in [0, 0.1) is 0 Å². The van der Waals surface area contributed by atoms with Crippen LogP contribution in [0.1, 0.15) is 0 Å². The zero-order valence-corrected chi connectivity index (χ0v) is 8.44. The third-order valence-electron chi connectivity index (χ3n) is 1.31. The van der Waals surface area contributed by atoms with Crippen LogP contribution in [0.2, 0.25) is 0 Å². The molecule has 12 heavy (non-hydrogen) atoms. The fraction of sp³-hybridized carbons (Fsp3) is 0.286. The van der Waals surface area contributed by atoms with E-state index in [-0.39, 0.29) is 9.83 Å². The van der Waals surface area contributed by atoms with Crippen molar-refractivity contribution in [2.75, 3.05) is 7.11 Å². The Balaban J connectivity index is 2.83. The average molecular weight is 279 g/mol. The zero-order chi connectivity index (χ0) is 9.14. The van der Waals surface area contributed by atoms with Gasteiger partial charge in [-0.3, -0.25) is 4.79 Å². The maximum absolute atomic E-state index is 10.9. The van der Waals surface area contributed by atoms with Crippen LogP contribution in [0.15, 0.2) is 16.6 Å². The Hall–Kier alpha value is -0.720. The number of nitrogens with zero attached hydrogens (tertiary/aromatic N) is 1. The number of carbonyl (C=O) groups is 2. The van der Waals surface area contributed by atoms with Crippen LogP contribution in [0.3, 0.4) is 0 Å². The van der Waals surface area contributed by atoms with Crippen molar-refractivity contribution in [3.63, 3.8) is 0 Å². The summed E-state index contributed by atoms with van der Waals surface area (Å²) in [4.78, 5) is 25.3. The predicted molar refractivity (Wildman–Crippen MR) is 51.4 cm³/mol. The van der Waals surface area contributed by atoms with E-state index in [4.69, 9.17) is 0 Å². The minimum Gasteiger partial charge on any atom is -0.465 e. The summed E-state index contributed by atoms with van der Waals surface area (Å²) in [6.45, 7) is 0. The SMILES string of the molecule is COC(=O)C1=CC(I)C(=O)N=C1. The van der Waals surface area contributed by atoms with E-state index < -0.39 is 5.97 Å². The summed E-state index contributed by atoms with van der Waals surface area (Å²) in [5.74, 6) is -0.712. The summed E-state index contributed by atoms with van der Waals surface area (Å²) in [6.07, 6.45) is 2.76. The normalized spacial score (nSPS) is 22.0. The van der Waals surface area contributed by atoms with Gasteiger partial charge >= 0.3 is 5.97 Å². The van der Waals surface area contributed by atoms with E-state index in [1.807, 2.05) is 22.6 Å². The maximum Gasteiger partial charge on any atom is 0.339 e. The van der Waals surface area contributed by atoms with Gasteiger partial charge in [-0.2, -0.15) is 0 Å². The molecule has 4 nitrogen and oxygen atoms in total. The summed E-state index contributed by atoms with van der Waals surface area (Å²) >= 11 is 1.90. The summed E-state index contributed by atoms with van der Waals surface area (Å²) < 4.78 is 4.10. The van der Waals surface area contributed by atoms with Crippen molar-refractivity contribution in [1.82, 2.24) is 0 Å². The van der Waals surface area contributed by atoms with Crippen molar-refractivity contribution in [2.45, 2.75) is 3.92 Å². The van der Waals surface area contributed by atoms with Gasteiger partial charge in [-0.25, -0.2) is 9.79 Å². The molecule has 0 aromatic rings. The number of esters is 1. The third kappa shape index (κ3) is 1.90. The zero-order valence-electron chi connectivity index (χ0n) is 6.28. The molecule has 0 aromatic carbocycles. The Morgan fingerprint density at radius 3 is 2.92 bits per heavy atom. The molecule has 0 saturated heterocycles. The second kappa shape index (κ2) is 3.79. The second-order valence-corrected chi connectivity index (χ2v) is 3.45. The van der Waals surface area contributed by atoms with Gasteiger partial charge in [0.05, 0.1) is 12.7 Å². The first kappa shape index (κ1) is 9.37. The van der Waals surface area contributed by atoms with Gasteiger partial charge in [-0.05, 0) is 6.08 Å². The minimum absolute atomic E-state index is 0.247. The smallest absolute Gasteiger partial charge is 0.339 e. The standard InChI is InChI=1S/C7H6INO3/c1-12-7(11)4-2-5(8)6(10)9-3-4/h2-3,5H,1H3. The molecule has 1 heterocycles. The number of rotatable bonds is 1. The van der Waals surface area contributed by atoms with Crippen LogP contribution in [0.25, 0.3) is 0 Å². The van der Waals surface area contributed by atoms with Gasteiger partial charge in [0.1, 0.15) is 3.92 Å². The van der Waals surface area contributed by atoms with E-state index >= 15 is 0 Å². The second-order valence-electron chi connectivity index (χ2n) is 2.11. The molecule has 1 aliphatic heterocycles. The topological polar surface area (TPSA) is 55.7 Å². The van der Waals surface area contributed by atoms with Crippen molar-refractivity contribution in [2.24, 2.45) is 4.99 Å². The number of halogens is 1. The largest absolute Gasteiger partial charge is 0.465 e. The minimum atomic E-state index is -0.465. The van der Waals surface area contributed by atoms with Crippen LogP contribution in [-0.2, 0) is 14.3 Å². The highest BCUT2D eigenvalue weighted by Crippen LogP contribution is 2.12. The van der Waals surface area contributed by atoms with Gasteiger partial charge in [0.25, 0.3) is 5.91 Å². The highest BCUT2D eigenvalue weighted by Gasteiger charge is 2.19. The molecule has 1 unspecified atom stereocenters. The number of hydrogen-bond donors (Lipinski definition) is 0. The Morgan fingerprint density at radius 2 is 2.42 bits per heavy atom. The molecule has 0 saturated carbocycles. The van der Waals surface area contributed by atoms with Crippen molar-refractivity contribution >= 4 is 40.7 Å². The van der Waals surface area contributed by atoms with Crippen LogP contribution in [0.5, 0.6) is 0 Å². The number of ether oxygens (including phenoxy) is 1. The highest BCUT2D eigenvalue weighted by atomic mass is 127. The average Bonchev–Trinajstić information content (AvgIpc) is 2.08. The highest BCUT2D eigenvalue weighted by molar-refractivity contribution is 14.1. The van der Waals surface area contributed by atoms with E-state index in [0.717, 1.165) is 0 Å². The van der Waals surface area contributed by atoms with Crippen LogP contribution < -0.4 is 0 Å². The van der Waals surface area contributed by atoms with E-state index in [9.17, 15) is 9.59 Å². The van der Waals surface area contributed by atoms with Crippen LogP contribution in [-0.4, -0.2) is 29.1 Å². The molecule has 0 N–H and O–H groups in total. The Morgan fingerprint density at radius 1 is 1.75 bits per heavy atom. The van der Waals surface area contributed by atoms with Crippen molar-refractivity contribution in [1.29, 1.82) is 0 Å². The molecule has 1 rings (SSSR count). The first-order chi connectivity index (χ1) is 5.65. The fourth-order valence-electron chi connectivity index (χ4n) is 0.715. The maximum atomic E-state index is 10.9.